The van der Waals surface area contributed by atoms with Crippen LogP contribution in [0.25, 0.3) is 11.0 Å². The zero-order chi connectivity index (χ0) is 21.9. The van der Waals surface area contributed by atoms with Gasteiger partial charge in [-0.25, -0.2) is 13.4 Å². The third-order valence-corrected chi connectivity index (χ3v) is 6.92. The van der Waals surface area contributed by atoms with Gasteiger partial charge in [-0.2, -0.15) is 4.31 Å². The van der Waals surface area contributed by atoms with Crippen molar-refractivity contribution in [1.29, 1.82) is 0 Å². The molecule has 0 bridgehead atoms. The first-order chi connectivity index (χ1) is 14.2. The summed E-state index contributed by atoms with van der Waals surface area (Å²) in [6.07, 6.45) is 1.20. The van der Waals surface area contributed by atoms with Gasteiger partial charge in [0, 0.05) is 19.6 Å². The van der Waals surface area contributed by atoms with Gasteiger partial charge < -0.3 is 5.32 Å². The van der Waals surface area contributed by atoms with E-state index in [0.29, 0.717) is 11.0 Å². The van der Waals surface area contributed by atoms with Crippen LogP contribution >= 0.6 is 0 Å². The molecule has 9 heteroatoms. The van der Waals surface area contributed by atoms with E-state index in [-0.39, 0.29) is 35.5 Å². The summed E-state index contributed by atoms with van der Waals surface area (Å²) < 4.78 is 27.7. The van der Waals surface area contributed by atoms with Gasteiger partial charge in [0.05, 0.1) is 22.1 Å². The van der Waals surface area contributed by atoms with Crippen LogP contribution in [0.3, 0.4) is 0 Å². The quantitative estimate of drug-likeness (QED) is 0.618. The predicted octanol–water partition coefficient (Wildman–Crippen LogP) is 1.74. The van der Waals surface area contributed by atoms with Gasteiger partial charge >= 0.3 is 0 Å². The van der Waals surface area contributed by atoms with Gasteiger partial charge in [0.25, 0.3) is 5.56 Å². The Morgan fingerprint density at radius 2 is 1.80 bits per heavy atom. The van der Waals surface area contributed by atoms with Gasteiger partial charge in [0.1, 0.15) is 6.54 Å². The Balaban J connectivity index is 1.68. The first-order valence-corrected chi connectivity index (χ1v) is 10.9. The minimum atomic E-state index is -3.55. The lowest BCUT2D eigenvalue weighted by atomic mass is 10.2. The molecule has 0 saturated carbocycles. The highest BCUT2D eigenvalue weighted by Crippen LogP contribution is 2.17. The van der Waals surface area contributed by atoms with Crippen LogP contribution in [-0.4, -0.2) is 41.3 Å². The minimum absolute atomic E-state index is 0.131. The number of nitrogens with zero attached hydrogens (tertiary/aromatic N) is 3. The maximum Gasteiger partial charge on any atom is 0.269 e. The number of sulfonamides is 1. The summed E-state index contributed by atoms with van der Waals surface area (Å²) in [4.78, 5) is 28.8. The van der Waals surface area contributed by atoms with Crippen molar-refractivity contribution in [1.82, 2.24) is 19.2 Å². The molecule has 30 heavy (non-hydrogen) atoms. The Labute approximate surface area is 175 Å². The van der Waals surface area contributed by atoms with Crippen molar-refractivity contribution in [3.8, 4) is 0 Å². The minimum Gasteiger partial charge on any atom is -0.350 e. The van der Waals surface area contributed by atoms with Crippen LogP contribution in [0.15, 0.2) is 64.4 Å². The number of para-hydroxylation sites is 2. The fourth-order valence-electron chi connectivity index (χ4n) is 2.90. The smallest absolute Gasteiger partial charge is 0.269 e. The van der Waals surface area contributed by atoms with Crippen molar-refractivity contribution in [2.24, 2.45) is 0 Å². The molecule has 1 heterocycles. The molecule has 0 fully saturated rings. The molecule has 3 rings (SSSR count). The lowest BCUT2D eigenvalue weighted by Gasteiger charge is -2.21. The highest BCUT2D eigenvalue weighted by molar-refractivity contribution is 7.89. The predicted molar refractivity (Wildman–Crippen MR) is 114 cm³/mol. The summed E-state index contributed by atoms with van der Waals surface area (Å²) in [5, 5.41) is 2.76. The largest absolute Gasteiger partial charge is 0.350 e. The van der Waals surface area contributed by atoms with Gasteiger partial charge in [-0.05, 0) is 43.7 Å². The van der Waals surface area contributed by atoms with Crippen LogP contribution in [0.1, 0.15) is 19.4 Å². The molecular formula is C21H24N4O4S. The summed E-state index contributed by atoms with van der Waals surface area (Å²) in [6, 6.07) is 13.3. The average molecular weight is 429 g/mol. The van der Waals surface area contributed by atoms with Crippen LogP contribution in [0.2, 0.25) is 0 Å². The van der Waals surface area contributed by atoms with Gasteiger partial charge in [-0.15, -0.1) is 0 Å². The van der Waals surface area contributed by atoms with Crippen LogP contribution in [-0.2, 0) is 27.9 Å². The second-order valence-electron chi connectivity index (χ2n) is 7.21. The molecule has 0 unspecified atom stereocenters. The van der Waals surface area contributed by atoms with Crippen LogP contribution in [0, 0.1) is 0 Å². The van der Waals surface area contributed by atoms with E-state index in [4.69, 9.17) is 0 Å². The van der Waals surface area contributed by atoms with Crippen LogP contribution in [0.5, 0.6) is 0 Å². The molecule has 0 aliphatic carbocycles. The Kier molecular flexibility index (Phi) is 6.33. The van der Waals surface area contributed by atoms with Crippen molar-refractivity contribution in [3.05, 3.63) is 70.6 Å². The van der Waals surface area contributed by atoms with E-state index >= 15 is 0 Å². The molecular weight excluding hydrogens is 404 g/mol. The highest BCUT2D eigenvalue weighted by atomic mass is 32.2. The summed E-state index contributed by atoms with van der Waals surface area (Å²) in [5.74, 6) is -0.329. The van der Waals surface area contributed by atoms with Crippen LogP contribution in [0.4, 0.5) is 0 Å². The SMILES string of the molecule is CC(C)N(C)S(=O)(=O)c1ccc(CNC(=O)Cn2c(=O)cnc3ccccc32)cc1. The summed E-state index contributed by atoms with van der Waals surface area (Å²) in [5.41, 5.74) is 1.62. The van der Waals surface area contributed by atoms with E-state index in [0.717, 1.165) is 5.56 Å². The molecule has 0 spiro atoms. The van der Waals surface area contributed by atoms with E-state index in [2.05, 4.69) is 10.3 Å². The molecule has 1 amide bonds. The third kappa shape index (κ3) is 4.58. The fraction of sp³-hybridized carbons (Fsp3) is 0.286. The Morgan fingerprint density at radius 1 is 1.13 bits per heavy atom. The van der Waals surface area contributed by atoms with Crippen molar-refractivity contribution in [2.75, 3.05) is 7.05 Å². The normalized spacial score (nSPS) is 11.9. The monoisotopic (exact) mass is 428 g/mol. The van der Waals surface area contributed by atoms with Gasteiger partial charge in [-0.3, -0.25) is 14.2 Å². The van der Waals surface area contributed by atoms with Crippen molar-refractivity contribution < 1.29 is 13.2 Å². The average Bonchev–Trinajstić information content (AvgIpc) is 2.74. The highest BCUT2D eigenvalue weighted by Gasteiger charge is 2.22. The maximum atomic E-state index is 12.5. The molecule has 8 nitrogen and oxygen atoms in total. The fourth-order valence-corrected chi connectivity index (χ4v) is 4.27. The first kappa shape index (κ1) is 21.7. The Bertz CT molecular complexity index is 1220. The second-order valence-corrected chi connectivity index (χ2v) is 9.20. The van der Waals surface area contributed by atoms with Crippen molar-refractivity contribution in [3.63, 3.8) is 0 Å². The number of carbonyl (C=O) groups is 1. The number of nitrogens with one attached hydrogen (secondary N) is 1. The molecule has 3 aromatic rings. The zero-order valence-corrected chi connectivity index (χ0v) is 17.9. The zero-order valence-electron chi connectivity index (χ0n) is 17.1. The van der Waals surface area contributed by atoms with Gasteiger partial charge in [0.2, 0.25) is 15.9 Å². The van der Waals surface area contributed by atoms with Crippen molar-refractivity contribution >= 4 is 27.0 Å². The molecule has 0 aliphatic rings. The Hall–Kier alpha value is -3.04. The second kappa shape index (κ2) is 8.76. The molecule has 0 aliphatic heterocycles. The van der Waals surface area contributed by atoms with Crippen LogP contribution < -0.4 is 10.9 Å². The first-order valence-electron chi connectivity index (χ1n) is 9.48. The van der Waals surface area contributed by atoms with E-state index < -0.39 is 10.0 Å². The van der Waals surface area contributed by atoms with E-state index in [1.165, 1.54) is 27.2 Å². The van der Waals surface area contributed by atoms with E-state index in [1.807, 2.05) is 6.07 Å². The van der Waals surface area contributed by atoms with E-state index in [9.17, 15) is 18.0 Å². The number of rotatable bonds is 7. The maximum absolute atomic E-state index is 12.5. The number of hydrogen-bond donors (Lipinski definition) is 1. The molecule has 0 atom stereocenters. The number of amides is 1. The number of aromatic nitrogens is 2. The molecule has 0 saturated heterocycles. The Morgan fingerprint density at radius 3 is 2.47 bits per heavy atom. The third-order valence-electron chi connectivity index (χ3n) is 4.87. The summed E-state index contributed by atoms with van der Waals surface area (Å²) >= 11 is 0. The van der Waals surface area contributed by atoms with Gasteiger partial charge in [0.15, 0.2) is 0 Å². The lowest BCUT2D eigenvalue weighted by molar-refractivity contribution is -0.121. The topological polar surface area (TPSA) is 101 Å². The summed E-state index contributed by atoms with van der Waals surface area (Å²) in [7, 11) is -2.01. The van der Waals surface area contributed by atoms with Crippen molar-refractivity contribution in [2.45, 2.75) is 37.9 Å². The standard InChI is InChI=1S/C21H24N4O4S/c1-15(2)24(3)30(28,29)17-10-8-16(9-11-17)12-23-20(26)14-25-19-7-5-4-6-18(19)22-13-21(25)27/h4-11,13,15H,12,14H2,1-3H3,(H,23,26). The molecule has 1 N–H and O–H groups in total. The summed E-state index contributed by atoms with van der Waals surface area (Å²) in [6.45, 7) is 3.70. The van der Waals surface area contributed by atoms with E-state index in [1.54, 1.807) is 51.2 Å². The number of benzene rings is 2. The molecule has 158 valence electrons. The molecule has 1 aromatic heterocycles. The number of carbonyl (C=O) groups excluding carboxylic acids is 1. The molecule has 2 aromatic carbocycles. The lowest BCUT2D eigenvalue weighted by Crippen LogP contribution is -2.33. The van der Waals surface area contributed by atoms with Gasteiger partial charge in [-0.1, -0.05) is 24.3 Å². The molecule has 0 radical (unpaired) electrons. The number of hydrogen-bond acceptors (Lipinski definition) is 5. The number of fused-ring (bicyclic) bond motifs is 1.